The molecule has 0 amide bonds. The molecule has 1 heterocycles. The molecule has 28 heavy (non-hydrogen) atoms. The molecule has 0 radical (unpaired) electrons. The van der Waals surface area contributed by atoms with Crippen LogP contribution in [0.15, 0.2) is 52.3 Å². The molecule has 0 aromatic heterocycles. The lowest BCUT2D eigenvalue weighted by Gasteiger charge is -2.25. The maximum absolute atomic E-state index is 13.7. The lowest BCUT2D eigenvalue weighted by molar-refractivity contribution is 0.346. The predicted octanol–water partition coefficient (Wildman–Crippen LogP) is 2.62. The van der Waals surface area contributed by atoms with Crippen LogP contribution in [0.1, 0.15) is 24.8 Å². The lowest BCUT2D eigenvalue weighted by atomic mass is 10.2. The fourth-order valence-corrected chi connectivity index (χ4v) is 5.57. The van der Waals surface area contributed by atoms with Crippen molar-refractivity contribution >= 4 is 20.0 Å². The highest BCUT2D eigenvalue weighted by molar-refractivity contribution is 7.89. The van der Waals surface area contributed by atoms with Crippen LogP contribution in [0.25, 0.3) is 0 Å². The van der Waals surface area contributed by atoms with Crippen molar-refractivity contribution in [3.63, 3.8) is 0 Å². The van der Waals surface area contributed by atoms with Crippen LogP contribution in [0, 0.1) is 11.6 Å². The summed E-state index contributed by atoms with van der Waals surface area (Å²) in [5.74, 6) is -2.06. The van der Waals surface area contributed by atoms with E-state index in [1.807, 2.05) is 0 Å². The summed E-state index contributed by atoms with van der Waals surface area (Å²) in [5, 5.41) is 0. The van der Waals surface area contributed by atoms with Gasteiger partial charge in [-0.15, -0.1) is 0 Å². The van der Waals surface area contributed by atoms with Crippen molar-refractivity contribution in [3.05, 3.63) is 59.7 Å². The van der Waals surface area contributed by atoms with E-state index < -0.39 is 36.6 Å². The third-order valence-corrected chi connectivity index (χ3v) is 7.87. The average Bonchev–Trinajstić information content (AvgIpc) is 2.67. The van der Waals surface area contributed by atoms with E-state index in [4.69, 9.17) is 0 Å². The number of benzene rings is 2. The van der Waals surface area contributed by atoms with Crippen molar-refractivity contribution in [3.8, 4) is 0 Å². The molecule has 0 aliphatic carbocycles. The van der Waals surface area contributed by atoms with Crippen LogP contribution < -0.4 is 4.72 Å². The van der Waals surface area contributed by atoms with Crippen molar-refractivity contribution in [1.29, 1.82) is 0 Å². The van der Waals surface area contributed by atoms with Crippen LogP contribution in [0.5, 0.6) is 0 Å². The molecule has 152 valence electrons. The first-order valence-electron chi connectivity index (χ1n) is 8.74. The Balaban J connectivity index is 1.70. The van der Waals surface area contributed by atoms with Gasteiger partial charge in [-0.1, -0.05) is 18.6 Å². The van der Waals surface area contributed by atoms with Crippen molar-refractivity contribution in [1.82, 2.24) is 9.03 Å². The summed E-state index contributed by atoms with van der Waals surface area (Å²) in [7, 11) is -7.74. The second-order valence-electron chi connectivity index (χ2n) is 6.51. The summed E-state index contributed by atoms with van der Waals surface area (Å²) in [6.07, 6.45) is 2.68. The van der Waals surface area contributed by atoms with Crippen molar-refractivity contribution in [2.24, 2.45) is 0 Å². The molecule has 6 nitrogen and oxygen atoms in total. The minimum Gasteiger partial charge on any atom is -0.207 e. The Morgan fingerprint density at radius 1 is 0.893 bits per heavy atom. The Kier molecular flexibility index (Phi) is 6.13. The molecule has 1 N–H and O–H groups in total. The second-order valence-corrected chi connectivity index (χ2v) is 10.2. The number of piperidine rings is 1. The van der Waals surface area contributed by atoms with E-state index in [1.165, 1.54) is 28.6 Å². The largest absolute Gasteiger partial charge is 0.243 e. The van der Waals surface area contributed by atoms with E-state index >= 15 is 0 Å². The van der Waals surface area contributed by atoms with Gasteiger partial charge in [-0.2, -0.15) is 4.31 Å². The second kappa shape index (κ2) is 8.24. The summed E-state index contributed by atoms with van der Waals surface area (Å²) in [6, 6.07) is 8.05. The van der Waals surface area contributed by atoms with Gasteiger partial charge in [0.2, 0.25) is 20.0 Å². The predicted molar refractivity (Wildman–Crippen MR) is 99.4 cm³/mol. The van der Waals surface area contributed by atoms with Crippen LogP contribution in [-0.2, 0) is 26.6 Å². The summed E-state index contributed by atoms with van der Waals surface area (Å²) in [4.78, 5) is -0.510. The SMILES string of the molecule is O=S(=O)(NCc1ccc(S(=O)(=O)N2CCCCC2)cc1)c1ccc(F)cc1F. The molecular formula is C18H20F2N2O4S2. The minimum atomic E-state index is -4.18. The number of hydrogen-bond donors (Lipinski definition) is 1. The molecule has 0 unspecified atom stereocenters. The van der Waals surface area contributed by atoms with E-state index in [1.54, 1.807) is 0 Å². The van der Waals surface area contributed by atoms with Gasteiger partial charge in [-0.25, -0.2) is 30.3 Å². The van der Waals surface area contributed by atoms with E-state index in [9.17, 15) is 25.6 Å². The van der Waals surface area contributed by atoms with Gasteiger partial charge in [-0.3, -0.25) is 0 Å². The molecular weight excluding hydrogens is 410 g/mol. The third-order valence-electron chi connectivity index (χ3n) is 4.53. The number of nitrogens with zero attached hydrogens (tertiary/aromatic N) is 1. The normalized spacial score (nSPS) is 16.2. The van der Waals surface area contributed by atoms with Crippen LogP contribution in [0.3, 0.4) is 0 Å². The highest BCUT2D eigenvalue weighted by atomic mass is 32.2. The number of sulfonamides is 2. The molecule has 0 spiro atoms. The Labute approximate surface area is 163 Å². The topological polar surface area (TPSA) is 83.5 Å². The molecule has 2 aromatic rings. The van der Waals surface area contributed by atoms with Crippen LogP contribution in [0.4, 0.5) is 8.78 Å². The van der Waals surface area contributed by atoms with Crippen molar-refractivity contribution in [2.75, 3.05) is 13.1 Å². The van der Waals surface area contributed by atoms with Gasteiger partial charge in [0.25, 0.3) is 0 Å². The zero-order chi connectivity index (χ0) is 20.4. The standard InChI is InChI=1S/C18H20F2N2O4S2/c19-15-6-9-18(17(20)12-15)27(23,24)21-13-14-4-7-16(8-5-14)28(25,26)22-10-2-1-3-11-22/h4-9,12,21H,1-3,10-11,13H2. The van der Waals surface area contributed by atoms with Gasteiger partial charge >= 0.3 is 0 Å². The first-order valence-corrected chi connectivity index (χ1v) is 11.7. The van der Waals surface area contributed by atoms with E-state index in [0.29, 0.717) is 24.7 Å². The van der Waals surface area contributed by atoms with Gasteiger partial charge in [0.1, 0.15) is 16.5 Å². The minimum absolute atomic E-state index is 0.144. The first kappa shape index (κ1) is 20.8. The van der Waals surface area contributed by atoms with E-state index in [-0.39, 0.29) is 11.4 Å². The molecule has 1 aliphatic rings. The van der Waals surface area contributed by atoms with Gasteiger partial charge < -0.3 is 0 Å². The fourth-order valence-electron chi connectivity index (χ4n) is 2.98. The maximum Gasteiger partial charge on any atom is 0.243 e. The fraction of sp³-hybridized carbons (Fsp3) is 0.333. The van der Waals surface area contributed by atoms with E-state index in [2.05, 4.69) is 4.72 Å². The molecule has 10 heteroatoms. The van der Waals surface area contributed by atoms with Gasteiger partial charge in [0.05, 0.1) is 4.90 Å². The Morgan fingerprint density at radius 3 is 2.14 bits per heavy atom. The van der Waals surface area contributed by atoms with Gasteiger partial charge in [0.15, 0.2) is 0 Å². The van der Waals surface area contributed by atoms with Crippen molar-refractivity contribution < 1.29 is 25.6 Å². The number of hydrogen-bond acceptors (Lipinski definition) is 4. The molecule has 3 rings (SSSR count). The Morgan fingerprint density at radius 2 is 1.54 bits per heavy atom. The highest BCUT2D eigenvalue weighted by Gasteiger charge is 2.26. The molecule has 0 atom stereocenters. The first-order chi connectivity index (χ1) is 13.2. The van der Waals surface area contributed by atoms with E-state index in [0.717, 1.165) is 31.4 Å². The molecule has 2 aromatic carbocycles. The van der Waals surface area contributed by atoms with Crippen molar-refractivity contribution in [2.45, 2.75) is 35.6 Å². The van der Waals surface area contributed by atoms with Crippen LogP contribution >= 0.6 is 0 Å². The maximum atomic E-state index is 13.7. The summed E-state index contributed by atoms with van der Waals surface area (Å²) in [5.41, 5.74) is 0.503. The molecule has 1 saturated heterocycles. The molecule has 1 fully saturated rings. The molecule has 0 saturated carbocycles. The smallest absolute Gasteiger partial charge is 0.207 e. The van der Waals surface area contributed by atoms with Gasteiger partial charge in [0, 0.05) is 25.7 Å². The summed E-state index contributed by atoms with van der Waals surface area (Å²) in [6.45, 7) is 0.823. The lowest BCUT2D eigenvalue weighted by Crippen LogP contribution is -2.35. The molecule has 0 bridgehead atoms. The number of halogens is 2. The van der Waals surface area contributed by atoms with Crippen LogP contribution in [-0.4, -0.2) is 34.2 Å². The quantitative estimate of drug-likeness (QED) is 0.764. The average molecular weight is 430 g/mol. The monoisotopic (exact) mass is 430 g/mol. The highest BCUT2D eigenvalue weighted by Crippen LogP contribution is 2.21. The van der Waals surface area contributed by atoms with Gasteiger partial charge in [-0.05, 0) is 42.7 Å². The number of nitrogens with one attached hydrogen (secondary N) is 1. The number of rotatable bonds is 6. The summed E-state index contributed by atoms with van der Waals surface area (Å²) >= 11 is 0. The Hall–Kier alpha value is -1.88. The zero-order valence-electron chi connectivity index (χ0n) is 14.9. The molecule has 1 aliphatic heterocycles. The summed E-state index contributed by atoms with van der Waals surface area (Å²) < 4.78 is 79.9. The zero-order valence-corrected chi connectivity index (χ0v) is 16.6. The third kappa shape index (κ3) is 4.57. The van der Waals surface area contributed by atoms with Crippen LogP contribution in [0.2, 0.25) is 0 Å². The Bertz CT molecular complexity index is 1050.